The van der Waals surface area contributed by atoms with Gasteiger partial charge < -0.3 is 10.1 Å². The van der Waals surface area contributed by atoms with Crippen molar-refractivity contribution in [3.05, 3.63) is 59.4 Å². The summed E-state index contributed by atoms with van der Waals surface area (Å²) in [7, 11) is -2.33. The van der Waals surface area contributed by atoms with Crippen molar-refractivity contribution in [1.82, 2.24) is 20.5 Å². The number of methoxy groups -OCH3 is 1. The van der Waals surface area contributed by atoms with E-state index in [2.05, 4.69) is 16.2 Å². The zero-order chi connectivity index (χ0) is 22.6. The van der Waals surface area contributed by atoms with Gasteiger partial charge in [0.15, 0.2) is 0 Å². The van der Waals surface area contributed by atoms with E-state index >= 15 is 0 Å². The molecule has 0 saturated carbocycles. The Hall–Kier alpha value is -2.53. The number of carbonyl (C=O) groups is 1. The Labute approximate surface area is 181 Å². The van der Waals surface area contributed by atoms with Crippen LogP contribution in [0.1, 0.15) is 30.5 Å². The molecule has 2 aromatic carbocycles. The monoisotopic (exact) mass is 450 g/mol. The number of rotatable bonds is 8. The Morgan fingerprint density at radius 3 is 2.68 bits per heavy atom. The average molecular weight is 451 g/mol. The fourth-order valence-electron chi connectivity index (χ4n) is 3.52. The minimum Gasteiger partial charge on any atom is -0.496 e. The van der Waals surface area contributed by atoms with Gasteiger partial charge in [-0.1, -0.05) is 19.1 Å². The van der Waals surface area contributed by atoms with Gasteiger partial charge in [0.2, 0.25) is 15.9 Å². The first kappa shape index (κ1) is 23.1. The van der Waals surface area contributed by atoms with E-state index in [0.29, 0.717) is 17.7 Å². The van der Waals surface area contributed by atoms with Crippen molar-refractivity contribution in [3.63, 3.8) is 0 Å². The number of hydrazine groups is 1. The second-order valence-corrected chi connectivity index (χ2v) is 9.25. The first-order chi connectivity index (χ1) is 14.7. The molecule has 0 spiro atoms. The molecule has 2 unspecified atom stereocenters. The van der Waals surface area contributed by atoms with Crippen molar-refractivity contribution < 1.29 is 22.3 Å². The molecule has 1 saturated heterocycles. The first-order valence-electron chi connectivity index (χ1n) is 9.95. The Balaban J connectivity index is 1.63. The number of nitrogens with one attached hydrogen (secondary N) is 3. The maximum absolute atomic E-state index is 13.4. The lowest BCUT2D eigenvalue weighted by molar-refractivity contribution is -0.122. The maximum Gasteiger partial charge on any atom is 0.243 e. The third kappa shape index (κ3) is 5.40. The van der Waals surface area contributed by atoms with Crippen LogP contribution in [0.5, 0.6) is 5.75 Å². The second-order valence-electron chi connectivity index (χ2n) is 7.31. The standard InChI is InChI=1S/C21H27FN4O4S/c1-4-26(31(28,29)17-8-9-19(30-3)14(2)10-17)13-21(27)23-20-12-18(24-25-20)15-6-5-7-16(22)11-15/h5-11,18,20,24-25H,4,12-13H2,1-3H3,(H,23,27). The van der Waals surface area contributed by atoms with Crippen LogP contribution in [-0.2, 0) is 14.8 Å². The van der Waals surface area contributed by atoms with Crippen LogP contribution >= 0.6 is 0 Å². The van der Waals surface area contributed by atoms with Crippen molar-refractivity contribution in [2.75, 3.05) is 20.2 Å². The van der Waals surface area contributed by atoms with Crippen LogP contribution in [0.3, 0.4) is 0 Å². The maximum atomic E-state index is 13.4. The van der Waals surface area contributed by atoms with E-state index < -0.39 is 22.1 Å². The highest BCUT2D eigenvalue weighted by atomic mass is 32.2. The number of nitrogens with zero attached hydrogens (tertiary/aromatic N) is 1. The Kier molecular flexibility index (Phi) is 7.26. The lowest BCUT2D eigenvalue weighted by atomic mass is 10.0. The first-order valence-corrected chi connectivity index (χ1v) is 11.4. The fourth-order valence-corrected chi connectivity index (χ4v) is 5.01. The van der Waals surface area contributed by atoms with Gasteiger partial charge in [-0.25, -0.2) is 23.7 Å². The smallest absolute Gasteiger partial charge is 0.243 e. The lowest BCUT2D eigenvalue weighted by Crippen LogP contribution is -2.48. The van der Waals surface area contributed by atoms with Gasteiger partial charge >= 0.3 is 0 Å². The predicted molar refractivity (Wildman–Crippen MR) is 114 cm³/mol. The summed E-state index contributed by atoms with van der Waals surface area (Å²) in [6, 6.07) is 10.7. The molecule has 2 aromatic rings. The number of halogens is 1. The summed E-state index contributed by atoms with van der Waals surface area (Å²) in [5, 5.41) is 2.78. The molecule has 1 amide bonds. The van der Waals surface area contributed by atoms with Crippen molar-refractivity contribution >= 4 is 15.9 Å². The summed E-state index contributed by atoms with van der Waals surface area (Å²) < 4.78 is 45.7. The highest BCUT2D eigenvalue weighted by Crippen LogP contribution is 2.24. The van der Waals surface area contributed by atoms with Crippen LogP contribution < -0.4 is 20.9 Å². The summed E-state index contributed by atoms with van der Waals surface area (Å²) in [5.74, 6) is -0.174. The molecule has 0 aliphatic carbocycles. The highest BCUT2D eigenvalue weighted by Gasteiger charge is 2.29. The minimum atomic E-state index is -3.85. The molecule has 8 nitrogen and oxygen atoms in total. The number of sulfonamides is 1. The van der Waals surface area contributed by atoms with E-state index in [9.17, 15) is 17.6 Å². The number of aryl methyl sites for hydroxylation is 1. The molecule has 31 heavy (non-hydrogen) atoms. The van der Waals surface area contributed by atoms with Crippen molar-refractivity contribution in [3.8, 4) is 5.75 Å². The van der Waals surface area contributed by atoms with Crippen molar-refractivity contribution in [1.29, 1.82) is 0 Å². The second kappa shape index (κ2) is 9.73. The van der Waals surface area contributed by atoms with Gasteiger partial charge in [-0.05, 0) is 48.4 Å². The van der Waals surface area contributed by atoms with E-state index in [1.54, 1.807) is 32.0 Å². The minimum absolute atomic E-state index is 0.104. The molecule has 10 heteroatoms. The van der Waals surface area contributed by atoms with Gasteiger partial charge in [0.1, 0.15) is 11.6 Å². The molecule has 0 aromatic heterocycles. The average Bonchev–Trinajstić information content (AvgIpc) is 3.20. The summed E-state index contributed by atoms with van der Waals surface area (Å²) >= 11 is 0. The van der Waals surface area contributed by atoms with Crippen LogP contribution in [0, 0.1) is 12.7 Å². The van der Waals surface area contributed by atoms with E-state index in [4.69, 9.17) is 4.74 Å². The lowest BCUT2D eigenvalue weighted by Gasteiger charge is -2.22. The molecule has 0 bridgehead atoms. The van der Waals surface area contributed by atoms with Crippen LogP contribution in [0.15, 0.2) is 47.4 Å². The number of hydrogen-bond donors (Lipinski definition) is 3. The molecule has 1 heterocycles. The molecule has 1 fully saturated rings. The number of ether oxygens (including phenoxy) is 1. The number of amides is 1. The summed E-state index contributed by atoms with van der Waals surface area (Å²) in [4.78, 5) is 12.6. The summed E-state index contributed by atoms with van der Waals surface area (Å²) in [6.07, 6.45) is 0.0801. The molecule has 168 valence electrons. The van der Waals surface area contributed by atoms with Gasteiger partial charge in [0, 0.05) is 19.0 Å². The predicted octanol–water partition coefficient (Wildman–Crippen LogP) is 1.83. The van der Waals surface area contributed by atoms with E-state index in [-0.39, 0.29) is 29.8 Å². The Morgan fingerprint density at radius 1 is 1.26 bits per heavy atom. The molecule has 3 N–H and O–H groups in total. The molecule has 3 rings (SSSR count). The largest absolute Gasteiger partial charge is 0.496 e. The van der Waals surface area contributed by atoms with E-state index in [1.807, 2.05) is 0 Å². The zero-order valence-electron chi connectivity index (χ0n) is 17.7. The number of carbonyl (C=O) groups excluding carboxylic acids is 1. The normalized spacial score (nSPS) is 18.9. The summed E-state index contributed by atoms with van der Waals surface area (Å²) in [6.45, 7) is 3.26. The zero-order valence-corrected chi connectivity index (χ0v) is 18.5. The van der Waals surface area contributed by atoms with Gasteiger partial charge in [-0.2, -0.15) is 4.31 Å². The molecule has 2 atom stereocenters. The van der Waals surface area contributed by atoms with E-state index in [0.717, 1.165) is 9.87 Å². The van der Waals surface area contributed by atoms with Crippen molar-refractivity contribution in [2.24, 2.45) is 0 Å². The SMILES string of the molecule is CCN(CC(=O)NC1CC(c2cccc(F)c2)NN1)S(=O)(=O)c1ccc(OC)c(C)c1. The molecule has 0 radical (unpaired) electrons. The van der Waals surface area contributed by atoms with Crippen molar-refractivity contribution in [2.45, 2.75) is 37.4 Å². The van der Waals surface area contributed by atoms with Gasteiger partial charge in [0.25, 0.3) is 0 Å². The van der Waals surface area contributed by atoms with Gasteiger partial charge in [-0.15, -0.1) is 0 Å². The highest BCUT2D eigenvalue weighted by molar-refractivity contribution is 7.89. The Bertz CT molecular complexity index is 1050. The fraction of sp³-hybridized carbons (Fsp3) is 0.381. The van der Waals surface area contributed by atoms with Crippen LogP contribution in [0.25, 0.3) is 0 Å². The van der Waals surface area contributed by atoms with Crippen LogP contribution in [0.2, 0.25) is 0 Å². The number of likely N-dealkylation sites (N-methyl/N-ethyl adjacent to an activating group) is 1. The van der Waals surface area contributed by atoms with Gasteiger partial charge in [0.05, 0.1) is 24.7 Å². The molecule has 1 aliphatic rings. The van der Waals surface area contributed by atoms with Crippen LogP contribution in [0.4, 0.5) is 4.39 Å². The van der Waals surface area contributed by atoms with E-state index in [1.165, 1.54) is 31.4 Å². The molecule has 1 aliphatic heterocycles. The van der Waals surface area contributed by atoms with Gasteiger partial charge in [-0.3, -0.25) is 4.79 Å². The quantitative estimate of drug-likeness (QED) is 0.568. The third-order valence-corrected chi connectivity index (χ3v) is 7.08. The Morgan fingerprint density at radius 2 is 2.03 bits per heavy atom. The topological polar surface area (TPSA) is 99.8 Å². The number of benzene rings is 2. The summed E-state index contributed by atoms with van der Waals surface area (Å²) in [5.41, 5.74) is 7.42. The number of hydrogen-bond acceptors (Lipinski definition) is 6. The molecular formula is C21H27FN4O4S. The molecular weight excluding hydrogens is 423 g/mol. The van der Waals surface area contributed by atoms with Crippen LogP contribution in [-0.4, -0.2) is 45.0 Å². The third-order valence-electron chi connectivity index (χ3n) is 5.17.